The van der Waals surface area contributed by atoms with Crippen molar-refractivity contribution in [2.45, 2.75) is 18.9 Å². The molecule has 0 saturated carbocycles. The third kappa shape index (κ3) is 3.05. The van der Waals surface area contributed by atoms with Gasteiger partial charge in [-0.3, -0.25) is 0 Å². The molecule has 0 spiro atoms. The van der Waals surface area contributed by atoms with Crippen molar-refractivity contribution < 1.29 is 5.11 Å². The number of thiophene rings is 1. The molecule has 2 aromatic heterocycles. The van der Waals surface area contributed by atoms with Gasteiger partial charge in [-0.05, 0) is 35.6 Å². The lowest BCUT2D eigenvalue weighted by Gasteiger charge is -2.09. The Balaban J connectivity index is 1.94. The highest BCUT2D eigenvalue weighted by Gasteiger charge is 2.07. The second-order valence-corrected chi connectivity index (χ2v) is 4.76. The van der Waals surface area contributed by atoms with E-state index in [0.717, 1.165) is 5.56 Å². The van der Waals surface area contributed by atoms with Crippen molar-refractivity contribution in [2.75, 3.05) is 5.73 Å². The number of nitrogens with two attached hydrogens (primary N) is 1. The largest absolute Gasteiger partial charge is 0.392 e. The summed E-state index contributed by atoms with van der Waals surface area (Å²) in [6.07, 6.45) is 2.62. The van der Waals surface area contributed by atoms with Crippen molar-refractivity contribution in [1.29, 1.82) is 0 Å². The lowest BCUT2D eigenvalue weighted by Crippen LogP contribution is -2.13. The Hall–Kier alpha value is -1.39. The average Bonchev–Trinajstić information content (AvgIpc) is 2.70. The molecule has 0 aromatic carbocycles. The van der Waals surface area contributed by atoms with E-state index in [9.17, 15) is 5.11 Å². The van der Waals surface area contributed by atoms with Gasteiger partial charge in [-0.25, -0.2) is 4.98 Å². The normalized spacial score (nSPS) is 12.6. The van der Waals surface area contributed by atoms with Crippen LogP contribution in [0.4, 0.5) is 5.82 Å². The Morgan fingerprint density at radius 3 is 2.94 bits per heavy atom. The minimum Gasteiger partial charge on any atom is -0.392 e. The monoisotopic (exact) mass is 234 g/mol. The minimum absolute atomic E-state index is 0.361. The molecule has 0 saturated heterocycles. The number of pyridine rings is 1. The maximum absolute atomic E-state index is 9.91. The van der Waals surface area contributed by atoms with Crippen molar-refractivity contribution in [3.05, 3.63) is 46.3 Å². The molecule has 0 radical (unpaired) electrons. The summed E-state index contributed by atoms with van der Waals surface area (Å²) in [7, 11) is 0. The van der Waals surface area contributed by atoms with Gasteiger partial charge in [0.2, 0.25) is 0 Å². The first-order valence-electron chi connectivity index (χ1n) is 5.15. The molecule has 1 unspecified atom stereocenters. The lowest BCUT2D eigenvalue weighted by atomic mass is 10.1. The van der Waals surface area contributed by atoms with E-state index < -0.39 is 0 Å². The fourth-order valence-electron chi connectivity index (χ4n) is 1.63. The molecule has 84 valence electrons. The zero-order valence-electron chi connectivity index (χ0n) is 8.84. The molecule has 2 aromatic rings. The van der Waals surface area contributed by atoms with E-state index in [4.69, 9.17) is 5.73 Å². The van der Waals surface area contributed by atoms with Crippen LogP contribution in [0.1, 0.15) is 10.4 Å². The Morgan fingerprint density at radius 1 is 1.38 bits per heavy atom. The molecule has 0 bridgehead atoms. The van der Waals surface area contributed by atoms with Crippen molar-refractivity contribution >= 4 is 17.2 Å². The summed E-state index contributed by atoms with van der Waals surface area (Å²) in [5.74, 6) is 0.501. The van der Waals surface area contributed by atoms with Crippen LogP contribution < -0.4 is 5.73 Å². The van der Waals surface area contributed by atoms with Gasteiger partial charge in [0.15, 0.2) is 0 Å². The topological polar surface area (TPSA) is 59.1 Å². The molecule has 2 heterocycles. The number of aliphatic hydroxyl groups is 1. The van der Waals surface area contributed by atoms with Gasteiger partial charge >= 0.3 is 0 Å². The Labute approximate surface area is 98.6 Å². The van der Waals surface area contributed by atoms with Crippen LogP contribution in [0.3, 0.4) is 0 Å². The van der Waals surface area contributed by atoms with Crippen molar-refractivity contribution in [3.8, 4) is 0 Å². The zero-order valence-corrected chi connectivity index (χ0v) is 9.65. The highest BCUT2D eigenvalue weighted by Crippen LogP contribution is 2.14. The minimum atomic E-state index is -0.361. The molecule has 1 atom stereocenters. The van der Waals surface area contributed by atoms with Gasteiger partial charge in [0.05, 0.1) is 6.10 Å². The van der Waals surface area contributed by atoms with Gasteiger partial charge in [0, 0.05) is 17.5 Å². The molecule has 3 nitrogen and oxygen atoms in total. The van der Waals surface area contributed by atoms with Crippen LogP contribution in [0, 0.1) is 0 Å². The summed E-state index contributed by atoms with van der Waals surface area (Å²) < 4.78 is 0. The average molecular weight is 234 g/mol. The maximum atomic E-state index is 9.91. The third-order valence-corrected chi connectivity index (χ3v) is 3.23. The van der Waals surface area contributed by atoms with E-state index in [-0.39, 0.29) is 6.10 Å². The molecule has 0 fully saturated rings. The van der Waals surface area contributed by atoms with Crippen LogP contribution in [-0.4, -0.2) is 16.2 Å². The summed E-state index contributed by atoms with van der Waals surface area (Å²) in [5.41, 5.74) is 6.60. The number of hydrogen-bond donors (Lipinski definition) is 2. The summed E-state index contributed by atoms with van der Waals surface area (Å²) in [4.78, 5) is 5.12. The molecule has 0 aliphatic rings. The number of aliphatic hydroxyl groups excluding tert-OH is 1. The molecule has 0 amide bonds. The van der Waals surface area contributed by atoms with Crippen LogP contribution in [0.5, 0.6) is 0 Å². The highest BCUT2D eigenvalue weighted by atomic mass is 32.1. The number of nitrogen functional groups attached to an aromatic ring is 1. The second kappa shape index (κ2) is 5.09. The van der Waals surface area contributed by atoms with Crippen molar-refractivity contribution in [2.24, 2.45) is 0 Å². The van der Waals surface area contributed by atoms with E-state index in [1.54, 1.807) is 23.6 Å². The summed E-state index contributed by atoms with van der Waals surface area (Å²) in [5, 5.41) is 11.9. The number of aromatic nitrogens is 1. The standard InChI is InChI=1S/C12H14N2OS/c13-12-7-9(3-4-14-12)6-10(15)8-11-2-1-5-16-11/h1-5,7,10,15H,6,8H2,(H2,13,14). The number of hydrogen-bond acceptors (Lipinski definition) is 4. The molecule has 3 N–H and O–H groups in total. The van der Waals surface area contributed by atoms with E-state index in [2.05, 4.69) is 4.98 Å². The molecule has 4 heteroatoms. The fraction of sp³-hybridized carbons (Fsp3) is 0.250. The van der Waals surface area contributed by atoms with Gasteiger partial charge in [-0.15, -0.1) is 11.3 Å². The lowest BCUT2D eigenvalue weighted by molar-refractivity contribution is 0.176. The fourth-order valence-corrected chi connectivity index (χ4v) is 2.40. The van der Waals surface area contributed by atoms with Crippen LogP contribution >= 0.6 is 11.3 Å². The van der Waals surface area contributed by atoms with Crippen LogP contribution in [0.2, 0.25) is 0 Å². The predicted molar refractivity (Wildman–Crippen MR) is 66.4 cm³/mol. The van der Waals surface area contributed by atoms with Gasteiger partial charge in [0.1, 0.15) is 5.82 Å². The Morgan fingerprint density at radius 2 is 2.25 bits per heavy atom. The third-order valence-electron chi connectivity index (χ3n) is 2.33. The zero-order chi connectivity index (χ0) is 11.4. The van der Waals surface area contributed by atoms with Crippen molar-refractivity contribution in [3.63, 3.8) is 0 Å². The second-order valence-electron chi connectivity index (χ2n) is 3.73. The number of anilines is 1. The van der Waals surface area contributed by atoms with Crippen molar-refractivity contribution in [1.82, 2.24) is 4.98 Å². The SMILES string of the molecule is Nc1cc(CC(O)Cc2cccs2)ccn1. The Bertz CT molecular complexity index is 442. The van der Waals surface area contributed by atoms with E-state index in [1.807, 2.05) is 23.6 Å². The molecule has 0 aliphatic carbocycles. The predicted octanol–water partition coefficient (Wildman–Crippen LogP) is 1.87. The molecule has 16 heavy (non-hydrogen) atoms. The highest BCUT2D eigenvalue weighted by molar-refractivity contribution is 7.09. The van der Waals surface area contributed by atoms with E-state index in [0.29, 0.717) is 18.7 Å². The van der Waals surface area contributed by atoms with E-state index in [1.165, 1.54) is 4.88 Å². The van der Waals surface area contributed by atoms with E-state index >= 15 is 0 Å². The maximum Gasteiger partial charge on any atom is 0.123 e. The van der Waals surface area contributed by atoms with Gasteiger partial charge in [0.25, 0.3) is 0 Å². The van der Waals surface area contributed by atoms with Gasteiger partial charge in [-0.2, -0.15) is 0 Å². The van der Waals surface area contributed by atoms with Crippen LogP contribution in [-0.2, 0) is 12.8 Å². The smallest absolute Gasteiger partial charge is 0.123 e. The quantitative estimate of drug-likeness (QED) is 0.849. The first-order valence-corrected chi connectivity index (χ1v) is 6.03. The summed E-state index contributed by atoms with van der Waals surface area (Å²) in [6, 6.07) is 7.72. The molecular weight excluding hydrogens is 220 g/mol. The summed E-state index contributed by atoms with van der Waals surface area (Å²) >= 11 is 1.67. The van der Waals surface area contributed by atoms with Gasteiger partial charge in [-0.1, -0.05) is 6.07 Å². The van der Waals surface area contributed by atoms with Gasteiger partial charge < -0.3 is 10.8 Å². The molecular formula is C12H14N2OS. The van der Waals surface area contributed by atoms with Crippen LogP contribution in [0.15, 0.2) is 35.8 Å². The number of rotatable bonds is 4. The summed E-state index contributed by atoms with van der Waals surface area (Å²) in [6.45, 7) is 0. The Kier molecular flexibility index (Phi) is 3.54. The first-order chi connectivity index (χ1) is 7.74. The van der Waals surface area contributed by atoms with Crippen LogP contribution in [0.25, 0.3) is 0 Å². The number of nitrogens with zero attached hydrogens (tertiary/aromatic N) is 1. The first kappa shape index (κ1) is 11.1. The molecule has 2 rings (SSSR count). The molecule has 0 aliphatic heterocycles.